The van der Waals surface area contributed by atoms with Gasteiger partial charge in [-0.25, -0.2) is 9.59 Å². The van der Waals surface area contributed by atoms with Gasteiger partial charge in [0, 0.05) is 6.42 Å². The first-order valence-electron chi connectivity index (χ1n) is 8.33. The Balaban J connectivity index is 1.84. The van der Waals surface area contributed by atoms with Crippen molar-refractivity contribution in [3.8, 4) is 5.75 Å². The monoisotopic (exact) mass is 346 g/mol. The molecule has 5 nitrogen and oxygen atoms in total. The predicted octanol–water partition coefficient (Wildman–Crippen LogP) is 3.75. The number of hydrogen-bond acceptors (Lipinski definition) is 5. The molecule has 0 spiro atoms. The lowest BCUT2D eigenvalue weighted by Gasteiger charge is -2.24. The Kier molecular flexibility index (Phi) is 2.92. The summed E-state index contributed by atoms with van der Waals surface area (Å²) >= 11 is 0. The van der Waals surface area contributed by atoms with Crippen molar-refractivity contribution in [3.63, 3.8) is 0 Å². The number of ether oxygens (including phenoxy) is 1. The molecule has 2 aromatic heterocycles. The van der Waals surface area contributed by atoms with Crippen LogP contribution in [0.25, 0.3) is 21.9 Å². The maximum absolute atomic E-state index is 12.6. The molecule has 1 unspecified atom stereocenters. The van der Waals surface area contributed by atoms with E-state index in [1.807, 2.05) is 37.3 Å². The van der Waals surface area contributed by atoms with E-state index in [1.165, 1.54) is 0 Å². The van der Waals surface area contributed by atoms with Crippen molar-refractivity contribution in [2.24, 2.45) is 0 Å². The average Bonchev–Trinajstić information content (AvgIpc) is 3.02. The van der Waals surface area contributed by atoms with Crippen molar-refractivity contribution >= 4 is 21.9 Å². The molecule has 3 heterocycles. The van der Waals surface area contributed by atoms with E-state index >= 15 is 0 Å². The molecule has 0 fully saturated rings. The number of para-hydroxylation sites is 1. The van der Waals surface area contributed by atoms with E-state index in [0.717, 1.165) is 5.56 Å². The molecule has 0 saturated heterocycles. The third-order valence-electron chi connectivity index (χ3n) is 4.93. The van der Waals surface area contributed by atoms with Crippen LogP contribution < -0.4 is 16.0 Å². The van der Waals surface area contributed by atoms with Crippen LogP contribution in [-0.4, -0.2) is 0 Å². The van der Waals surface area contributed by atoms with E-state index in [1.54, 1.807) is 24.3 Å². The van der Waals surface area contributed by atoms with Crippen molar-refractivity contribution < 1.29 is 13.6 Å². The van der Waals surface area contributed by atoms with Gasteiger partial charge in [-0.1, -0.05) is 42.5 Å². The molecular formula is C21H14O5. The van der Waals surface area contributed by atoms with Gasteiger partial charge in [0.1, 0.15) is 22.3 Å². The highest BCUT2D eigenvalue weighted by Crippen LogP contribution is 2.43. The Morgan fingerprint density at radius 1 is 0.885 bits per heavy atom. The lowest BCUT2D eigenvalue weighted by molar-refractivity contribution is 0.117. The van der Waals surface area contributed by atoms with Crippen LogP contribution in [0.2, 0.25) is 0 Å². The minimum absolute atomic E-state index is 0.179. The molecule has 1 atom stereocenters. The Bertz CT molecular complexity index is 1280. The molecule has 2 aromatic carbocycles. The van der Waals surface area contributed by atoms with E-state index in [0.29, 0.717) is 23.0 Å². The zero-order valence-electron chi connectivity index (χ0n) is 13.9. The quantitative estimate of drug-likeness (QED) is 0.388. The lowest BCUT2D eigenvalue weighted by Crippen LogP contribution is -2.27. The minimum atomic E-state index is -0.745. The number of rotatable bonds is 1. The molecule has 0 saturated carbocycles. The molecule has 26 heavy (non-hydrogen) atoms. The highest BCUT2D eigenvalue weighted by molar-refractivity contribution is 6.02. The Labute approximate surface area is 147 Å². The van der Waals surface area contributed by atoms with Crippen LogP contribution in [0.4, 0.5) is 0 Å². The fraction of sp³-hybridized carbons (Fsp3) is 0.143. The third-order valence-corrected chi connectivity index (χ3v) is 4.93. The second kappa shape index (κ2) is 5.08. The molecular weight excluding hydrogens is 332 g/mol. The first-order chi connectivity index (χ1) is 12.6. The van der Waals surface area contributed by atoms with E-state index in [2.05, 4.69) is 0 Å². The van der Waals surface area contributed by atoms with Gasteiger partial charge in [-0.05, 0) is 24.6 Å². The van der Waals surface area contributed by atoms with Crippen LogP contribution in [-0.2, 0) is 12.0 Å². The highest BCUT2D eigenvalue weighted by atomic mass is 16.5. The van der Waals surface area contributed by atoms with Crippen LogP contribution in [0, 0.1) is 0 Å². The smallest absolute Gasteiger partial charge is 0.351 e. The minimum Gasteiger partial charge on any atom is -0.481 e. The van der Waals surface area contributed by atoms with Crippen LogP contribution in [0.5, 0.6) is 5.75 Å². The third kappa shape index (κ3) is 1.97. The largest absolute Gasteiger partial charge is 0.481 e. The summed E-state index contributed by atoms with van der Waals surface area (Å²) in [5, 5.41) is 0.747. The number of fused-ring (bicyclic) bond motifs is 5. The van der Waals surface area contributed by atoms with Crippen LogP contribution in [0.15, 0.2) is 73.0 Å². The Hall–Kier alpha value is -3.34. The summed E-state index contributed by atoms with van der Waals surface area (Å²) in [6.07, 6.45) is 0.330. The van der Waals surface area contributed by atoms with Crippen molar-refractivity contribution in [3.05, 3.63) is 86.6 Å². The molecule has 0 bridgehead atoms. The molecule has 0 radical (unpaired) electrons. The van der Waals surface area contributed by atoms with Gasteiger partial charge in [0.05, 0.1) is 10.9 Å². The predicted molar refractivity (Wildman–Crippen MR) is 96.7 cm³/mol. The normalized spacial score (nSPS) is 18.8. The molecule has 1 aliphatic heterocycles. The van der Waals surface area contributed by atoms with Crippen LogP contribution >= 0.6 is 0 Å². The topological polar surface area (TPSA) is 69.7 Å². The van der Waals surface area contributed by atoms with Gasteiger partial charge < -0.3 is 13.6 Å². The van der Waals surface area contributed by atoms with Crippen molar-refractivity contribution in [2.45, 2.75) is 18.9 Å². The first-order valence-corrected chi connectivity index (χ1v) is 8.33. The maximum Gasteiger partial charge on any atom is 0.351 e. The fourth-order valence-electron chi connectivity index (χ4n) is 3.64. The van der Waals surface area contributed by atoms with Crippen LogP contribution in [0.1, 0.15) is 18.1 Å². The van der Waals surface area contributed by atoms with E-state index in [-0.39, 0.29) is 16.7 Å². The zero-order valence-corrected chi connectivity index (χ0v) is 13.9. The Morgan fingerprint density at radius 2 is 1.62 bits per heavy atom. The maximum atomic E-state index is 12.6. The van der Waals surface area contributed by atoms with Gasteiger partial charge in [-0.15, -0.1) is 0 Å². The van der Waals surface area contributed by atoms with Crippen LogP contribution in [0.3, 0.4) is 0 Å². The van der Waals surface area contributed by atoms with Gasteiger partial charge >= 0.3 is 11.3 Å². The zero-order chi connectivity index (χ0) is 17.9. The van der Waals surface area contributed by atoms with Crippen molar-refractivity contribution in [1.29, 1.82) is 0 Å². The summed E-state index contributed by atoms with van der Waals surface area (Å²) < 4.78 is 17.1. The van der Waals surface area contributed by atoms with E-state index < -0.39 is 16.9 Å². The van der Waals surface area contributed by atoms with Crippen molar-refractivity contribution in [2.75, 3.05) is 0 Å². The van der Waals surface area contributed by atoms with Gasteiger partial charge in [0.15, 0.2) is 5.58 Å². The molecule has 128 valence electrons. The summed E-state index contributed by atoms with van der Waals surface area (Å²) in [4.78, 5) is 25.2. The molecule has 5 rings (SSSR count). The second-order valence-corrected chi connectivity index (χ2v) is 6.66. The summed E-state index contributed by atoms with van der Waals surface area (Å²) in [6, 6.07) is 16.6. The van der Waals surface area contributed by atoms with Crippen molar-refractivity contribution in [1.82, 2.24) is 0 Å². The summed E-state index contributed by atoms with van der Waals surface area (Å²) in [5.41, 5.74) is 0.0686. The molecule has 0 aliphatic carbocycles. The van der Waals surface area contributed by atoms with Gasteiger partial charge in [-0.2, -0.15) is 0 Å². The van der Waals surface area contributed by atoms with E-state index in [9.17, 15) is 9.59 Å². The molecule has 4 aromatic rings. The molecule has 1 aliphatic rings. The molecule has 0 amide bonds. The number of hydrogen-bond donors (Lipinski definition) is 0. The standard InChI is InChI=1S/C21H14O5/c1-21(12-7-3-2-4-8-12)11-14-18(26-21)16-17(25-19(14)22)13-9-5-6-10-15(13)24-20(16)23/h2-10H,11H2,1H3. The summed E-state index contributed by atoms with van der Waals surface area (Å²) in [7, 11) is 0. The number of benzene rings is 2. The van der Waals surface area contributed by atoms with E-state index in [4.69, 9.17) is 13.6 Å². The summed E-state index contributed by atoms with van der Waals surface area (Å²) in [5.74, 6) is 0.266. The van der Waals surface area contributed by atoms with Gasteiger partial charge in [0.25, 0.3) is 0 Å². The van der Waals surface area contributed by atoms with Gasteiger partial charge in [0.2, 0.25) is 0 Å². The summed E-state index contributed by atoms with van der Waals surface area (Å²) in [6.45, 7) is 1.90. The van der Waals surface area contributed by atoms with Gasteiger partial charge in [-0.3, -0.25) is 0 Å². The molecule has 5 heteroatoms. The first kappa shape index (κ1) is 15.0. The fourth-order valence-corrected chi connectivity index (χ4v) is 3.64. The second-order valence-electron chi connectivity index (χ2n) is 6.66. The highest BCUT2D eigenvalue weighted by Gasteiger charge is 2.41. The average molecular weight is 346 g/mol. The SMILES string of the molecule is CC1(c2ccccc2)Cc2c(c3c(=O)oc4ccccc4c3oc2=O)O1. The lowest BCUT2D eigenvalue weighted by atomic mass is 9.91. The Morgan fingerprint density at radius 3 is 2.42 bits per heavy atom. The molecule has 0 N–H and O–H groups in total.